The summed E-state index contributed by atoms with van der Waals surface area (Å²) in [5, 5.41) is 28.4. The number of hydrogen-bond donors (Lipinski definition) is 3. The van der Waals surface area contributed by atoms with E-state index < -0.39 is 11.5 Å². The number of aliphatic hydroxyl groups excluding tert-OH is 2. The van der Waals surface area contributed by atoms with E-state index in [0.29, 0.717) is 16.3 Å². The van der Waals surface area contributed by atoms with Gasteiger partial charge in [0, 0.05) is 11.6 Å². The number of halogens is 1. The lowest BCUT2D eigenvalue weighted by Crippen LogP contribution is -2.41. The van der Waals surface area contributed by atoms with Crippen molar-refractivity contribution in [2.45, 2.75) is 5.41 Å². The monoisotopic (exact) mass is 257 g/mol. The number of amides is 1. The molecule has 0 fully saturated rings. The van der Waals surface area contributed by atoms with Crippen LogP contribution < -0.4 is 4.90 Å². The summed E-state index contributed by atoms with van der Waals surface area (Å²) < 4.78 is 0. The molecule has 0 radical (unpaired) electrons. The summed E-state index contributed by atoms with van der Waals surface area (Å²) in [5.41, 5.74) is 0.0839. The van der Waals surface area contributed by atoms with Gasteiger partial charge in [0.2, 0.25) is 0 Å². The van der Waals surface area contributed by atoms with E-state index in [1.165, 1.54) is 6.07 Å². The Kier molecular flexibility index (Phi) is 2.99. The number of hydrogen-bond acceptors (Lipinski definition) is 3. The van der Waals surface area contributed by atoms with Crippen LogP contribution in [0.2, 0.25) is 5.02 Å². The Bertz CT molecular complexity index is 459. The Morgan fingerprint density at radius 3 is 2.59 bits per heavy atom. The molecule has 0 saturated heterocycles. The van der Waals surface area contributed by atoms with Gasteiger partial charge in [-0.25, -0.2) is 4.79 Å². The zero-order valence-electron chi connectivity index (χ0n) is 8.93. The molecule has 1 aliphatic heterocycles. The molecule has 1 aromatic rings. The van der Waals surface area contributed by atoms with Gasteiger partial charge in [-0.15, -0.1) is 0 Å². The first-order valence-corrected chi connectivity index (χ1v) is 5.44. The molecule has 0 unspecified atom stereocenters. The maximum absolute atomic E-state index is 11.1. The molecule has 0 aromatic heterocycles. The molecule has 0 spiro atoms. The third-order valence-electron chi connectivity index (χ3n) is 3.12. The van der Waals surface area contributed by atoms with E-state index in [0.717, 1.165) is 4.90 Å². The fourth-order valence-corrected chi connectivity index (χ4v) is 2.31. The topological polar surface area (TPSA) is 81.0 Å². The van der Waals surface area contributed by atoms with E-state index in [9.17, 15) is 15.0 Å². The van der Waals surface area contributed by atoms with Crippen LogP contribution in [0.25, 0.3) is 0 Å². The molecule has 0 bridgehead atoms. The van der Waals surface area contributed by atoms with Crippen molar-refractivity contribution in [2.24, 2.45) is 0 Å². The smallest absolute Gasteiger partial charge is 0.411 e. The molecular weight excluding hydrogens is 246 g/mol. The first-order chi connectivity index (χ1) is 8.04. The summed E-state index contributed by atoms with van der Waals surface area (Å²) in [6, 6.07) is 4.79. The van der Waals surface area contributed by atoms with E-state index in [1.807, 2.05) is 0 Å². The van der Waals surface area contributed by atoms with Crippen LogP contribution in [0.3, 0.4) is 0 Å². The largest absolute Gasteiger partial charge is 0.465 e. The number of aliphatic hydroxyl groups is 2. The third kappa shape index (κ3) is 1.76. The molecule has 3 N–H and O–H groups in total. The van der Waals surface area contributed by atoms with Gasteiger partial charge in [-0.05, 0) is 17.7 Å². The number of rotatable bonds is 2. The number of benzene rings is 1. The predicted octanol–water partition coefficient (Wildman–Crippen LogP) is 1.06. The highest BCUT2D eigenvalue weighted by Gasteiger charge is 2.44. The minimum atomic E-state index is -1.13. The van der Waals surface area contributed by atoms with E-state index in [2.05, 4.69) is 0 Å². The summed E-state index contributed by atoms with van der Waals surface area (Å²) in [4.78, 5) is 12.2. The molecule has 1 amide bonds. The van der Waals surface area contributed by atoms with Crippen LogP contribution in [0, 0.1) is 0 Å². The van der Waals surface area contributed by atoms with Crippen molar-refractivity contribution in [3.63, 3.8) is 0 Å². The van der Waals surface area contributed by atoms with Crippen LogP contribution in [0.15, 0.2) is 18.2 Å². The Morgan fingerprint density at radius 2 is 2.06 bits per heavy atom. The Hall–Kier alpha value is -1.30. The fraction of sp³-hybridized carbons (Fsp3) is 0.364. The molecule has 92 valence electrons. The summed E-state index contributed by atoms with van der Waals surface area (Å²) in [6.07, 6.45) is -1.13. The molecule has 1 aromatic carbocycles. The molecule has 17 heavy (non-hydrogen) atoms. The summed E-state index contributed by atoms with van der Waals surface area (Å²) >= 11 is 5.83. The number of nitrogens with zero attached hydrogens (tertiary/aromatic N) is 1. The fourth-order valence-electron chi connectivity index (χ4n) is 2.14. The van der Waals surface area contributed by atoms with Crippen LogP contribution in [0.5, 0.6) is 0 Å². The number of fused-ring (bicyclic) bond motifs is 1. The van der Waals surface area contributed by atoms with Crippen LogP contribution in [-0.4, -0.2) is 41.2 Å². The van der Waals surface area contributed by atoms with E-state index in [4.69, 9.17) is 16.7 Å². The molecule has 0 atom stereocenters. The van der Waals surface area contributed by atoms with E-state index in [1.54, 1.807) is 12.1 Å². The lowest BCUT2D eigenvalue weighted by molar-refractivity contribution is 0.125. The third-order valence-corrected chi connectivity index (χ3v) is 3.35. The average molecular weight is 258 g/mol. The zero-order valence-corrected chi connectivity index (χ0v) is 9.68. The lowest BCUT2D eigenvalue weighted by atomic mass is 9.84. The minimum absolute atomic E-state index is 0.0327. The minimum Gasteiger partial charge on any atom is -0.465 e. The van der Waals surface area contributed by atoms with Gasteiger partial charge in [-0.3, -0.25) is 4.90 Å². The first kappa shape index (κ1) is 12.2. The molecule has 2 rings (SSSR count). The van der Waals surface area contributed by atoms with Gasteiger partial charge in [0.05, 0.1) is 24.3 Å². The maximum Gasteiger partial charge on any atom is 0.411 e. The molecule has 1 heterocycles. The Labute approximate surface area is 103 Å². The second-order valence-electron chi connectivity index (χ2n) is 4.13. The molecular formula is C11H12ClNO4. The highest BCUT2D eigenvalue weighted by atomic mass is 35.5. The zero-order chi connectivity index (χ0) is 12.6. The molecule has 0 aliphatic carbocycles. The quantitative estimate of drug-likeness (QED) is 0.740. The highest BCUT2D eigenvalue weighted by Crippen LogP contribution is 2.41. The number of carboxylic acid groups (broad SMARTS) is 1. The van der Waals surface area contributed by atoms with Crippen LogP contribution in [0.1, 0.15) is 5.56 Å². The molecule has 1 aliphatic rings. The van der Waals surface area contributed by atoms with Gasteiger partial charge in [0.1, 0.15) is 0 Å². The van der Waals surface area contributed by atoms with Gasteiger partial charge in [0.25, 0.3) is 0 Å². The standard InChI is InChI=1S/C11H12ClNO4/c12-7-1-2-8-9(3-7)13(10(16)17)4-11(8,5-14)6-15/h1-3,14-15H,4-6H2,(H,16,17). The van der Waals surface area contributed by atoms with Gasteiger partial charge in [-0.2, -0.15) is 0 Å². The van der Waals surface area contributed by atoms with E-state index >= 15 is 0 Å². The SMILES string of the molecule is O=C(O)N1CC(CO)(CO)c2ccc(Cl)cc21. The summed E-state index contributed by atoms with van der Waals surface area (Å²) in [7, 11) is 0. The predicted molar refractivity (Wildman–Crippen MR) is 62.7 cm³/mol. The van der Waals surface area contributed by atoms with Crippen molar-refractivity contribution in [1.82, 2.24) is 0 Å². The van der Waals surface area contributed by atoms with Crippen molar-refractivity contribution in [1.29, 1.82) is 0 Å². The van der Waals surface area contributed by atoms with Gasteiger partial charge < -0.3 is 15.3 Å². The van der Waals surface area contributed by atoms with Crippen molar-refractivity contribution < 1.29 is 20.1 Å². The summed E-state index contributed by atoms with van der Waals surface area (Å²) in [5.74, 6) is 0. The second kappa shape index (κ2) is 4.18. The maximum atomic E-state index is 11.1. The van der Waals surface area contributed by atoms with Gasteiger partial charge >= 0.3 is 6.09 Å². The summed E-state index contributed by atoms with van der Waals surface area (Å²) in [6.45, 7) is -0.602. The van der Waals surface area contributed by atoms with Crippen LogP contribution >= 0.6 is 11.6 Å². The van der Waals surface area contributed by atoms with Crippen molar-refractivity contribution >= 4 is 23.4 Å². The van der Waals surface area contributed by atoms with Gasteiger partial charge in [-0.1, -0.05) is 17.7 Å². The molecule has 5 nitrogen and oxygen atoms in total. The highest BCUT2D eigenvalue weighted by molar-refractivity contribution is 6.31. The van der Waals surface area contributed by atoms with Crippen LogP contribution in [-0.2, 0) is 5.41 Å². The number of carbonyl (C=O) groups is 1. The Balaban J connectivity index is 2.58. The second-order valence-corrected chi connectivity index (χ2v) is 4.56. The number of anilines is 1. The van der Waals surface area contributed by atoms with Crippen LogP contribution in [0.4, 0.5) is 10.5 Å². The first-order valence-electron chi connectivity index (χ1n) is 5.06. The van der Waals surface area contributed by atoms with Crippen molar-refractivity contribution in [2.75, 3.05) is 24.7 Å². The molecule has 0 saturated carbocycles. The van der Waals surface area contributed by atoms with Crippen molar-refractivity contribution in [3.05, 3.63) is 28.8 Å². The van der Waals surface area contributed by atoms with Gasteiger partial charge in [0.15, 0.2) is 0 Å². The normalized spacial score (nSPS) is 17.0. The van der Waals surface area contributed by atoms with Crippen molar-refractivity contribution in [3.8, 4) is 0 Å². The lowest BCUT2D eigenvalue weighted by Gasteiger charge is -2.24. The average Bonchev–Trinajstić information content (AvgIpc) is 2.63. The molecule has 6 heteroatoms. The Morgan fingerprint density at radius 1 is 1.41 bits per heavy atom. The van der Waals surface area contributed by atoms with E-state index in [-0.39, 0.29) is 19.8 Å².